The fraction of sp³-hybridized carbons (Fsp3) is 0.360. The molecular weight excluding hydrogens is 517 g/mol. The molecule has 1 aromatic carbocycles. The SMILES string of the molecule is Cc1nnc(N[C@H](C)c2cc(N)cc(C(F)(F)F)c2)c2cc(C(=O)N3CCN(c4cnn(C)c4)CC3)sc12. The predicted octanol–water partition coefficient (Wildman–Crippen LogP) is 4.47. The minimum atomic E-state index is -4.51. The van der Waals surface area contributed by atoms with Gasteiger partial charge in [0.25, 0.3) is 5.91 Å². The lowest BCUT2D eigenvalue weighted by Gasteiger charge is -2.35. The minimum absolute atomic E-state index is 0.0238. The van der Waals surface area contributed by atoms with E-state index in [1.165, 1.54) is 17.4 Å². The number of benzene rings is 1. The predicted molar refractivity (Wildman–Crippen MR) is 141 cm³/mol. The van der Waals surface area contributed by atoms with Crippen molar-refractivity contribution >= 4 is 44.5 Å². The number of rotatable bonds is 5. The molecule has 1 atom stereocenters. The molecule has 38 heavy (non-hydrogen) atoms. The number of piperazine rings is 1. The van der Waals surface area contributed by atoms with E-state index in [1.807, 2.05) is 31.3 Å². The lowest BCUT2D eigenvalue weighted by atomic mass is 10.0. The Labute approximate surface area is 221 Å². The molecular formula is C25H27F3N8OS. The van der Waals surface area contributed by atoms with Crippen molar-refractivity contribution in [2.75, 3.05) is 42.1 Å². The second-order valence-electron chi connectivity index (χ2n) is 9.39. The molecule has 9 nitrogen and oxygen atoms in total. The van der Waals surface area contributed by atoms with Crippen LogP contribution in [-0.4, -0.2) is 57.0 Å². The zero-order valence-corrected chi connectivity index (χ0v) is 21.9. The number of carbonyl (C=O) groups excluding carboxylic acids is 1. The van der Waals surface area contributed by atoms with Gasteiger partial charge in [-0.2, -0.15) is 23.4 Å². The van der Waals surface area contributed by atoms with E-state index in [9.17, 15) is 18.0 Å². The first-order valence-corrected chi connectivity index (χ1v) is 12.8. The number of carbonyl (C=O) groups is 1. The normalized spacial score (nSPS) is 15.2. The number of hydrogen-bond donors (Lipinski definition) is 2. The summed E-state index contributed by atoms with van der Waals surface area (Å²) in [7, 11) is 1.87. The number of anilines is 3. The Balaban J connectivity index is 1.35. The molecule has 0 unspecified atom stereocenters. The monoisotopic (exact) mass is 544 g/mol. The van der Waals surface area contributed by atoms with Gasteiger partial charge in [-0.25, -0.2) is 0 Å². The summed E-state index contributed by atoms with van der Waals surface area (Å²) >= 11 is 1.34. The molecule has 5 rings (SSSR count). The largest absolute Gasteiger partial charge is 0.416 e. The van der Waals surface area contributed by atoms with E-state index in [2.05, 4.69) is 25.5 Å². The molecule has 4 heterocycles. The molecule has 1 aliphatic heterocycles. The van der Waals surface area contributed by atoms with Gasteiger partial charge in [0.1, 0.15) is 0 Å². The summed E-state index contributed by atoms with van der Waals surface area (Å²) in [6.07, 6.45) is -0.738. The molecule has 0 radical (unpaired) electrons. The van der Waals surface area contributed by atoms with Crippen molar-refractivity contribution in [2.45, 2.75) is 26.1 Å². The van der Waals surface area contributed by atoms with Crippen molar-refractivity contribution in [2.24, 2.45) is 7.05 Å². The summed E-state index contributed by atoms with van der Waals surface area (Å²) in [5.41, 5.74) is 7.03. The highest BCUT2D eigenvalue weighted by Crippen LogP contribution is 2.36. The number of nitrogen functional groups attached to an aromatic ring is 1. The van der Waals surface area contributed by atoms with Crippen molar-refractivity contribution in [3.8, 4) is 0 Å². The van der Waals surface area contributed by atoms with Gasteiger partial charge in [0.2, 0.25) is 0 Å². The smallest absolute Gasteiger partial charge is 0.399 e. The van der Waals surface area contributed by atoms with Crippen LogP contribution in [-0.2, 0) is 13.2 Å². The molecule has 0 saturated carbocycles. The first-order valence-electron chi connectivity index (χ1n) is 12.0. The first-order chi connectivity index (χ1) is 18.0. The van der Waals surface area contributed by atoms with Crippen LogP contribution in [0.3, 0.4) is 0 Å². The van der Waals surface area contributed by atoms with Gasteiger partial charge in [0.15, 0.2) is 5.82 Å². The molecule has 13 heteroatoms. The van der Waals surface area contributed by atoms with Gasteiger partial charge in [-0.05, 0) is 43.7 Å². The number of thiophene rings is 1. The molecule has 1 amide bonds. The van der Waals surface area contributed by atoms with Crippen LogP contribution >= 0.6 is 11.3 Å². The van der Waals surface area contributed by atoms with Gasteiger partial charge in [-0.15, -0.1) is 16.4 Å². The Morgan fingerprint density at radius 3 is 2.53 bits per heavy atom. The lowest BCUT2D eigenvalue weighted by Crippen LogP contribution is -2.48. The Morgan fingerprint density at radius 2 is 1.87 bits per heavy atom. The molecule has 4 aromatic rings. The maximum Gasteiger partial charge on any atom is 0.416 e. The van der Waals surface area contributed by atoms with Crippen LogP contribution in [0.2, 0.25) is 0 Å². The average molecular weight is 545 g/mol. The van der Waals surface area contributed by atoms with E-state index in [-0.39, 0.29) is 11.6 Å². The van der Waals surface area contributed by atoms with E-state index in [0.717, 1.165) is 22.5 Å². The molecule has 3 N–H and O–H groups in total. The summed E-state index contributed by atoms with van der Waals surface area (Å²) in [6.45, 7) is 6.10. The number of fused-ring (bicyclic) bond motifs is 1. The number of aromatic nitrogens is 4. The average Bonchev–Trinajstić information content (AvgIpc) is 3.52. The Hall–Kier alpha value is -3.87. The van der Waals surface area contributed by atoms with E-state index in [4.69, 9.17) is 5.73 Å². The number of aryl methyl sites for hydroxylation is 2. The van der Waals surface area contributed by atoms with Crippen LogP contribution in [0.15, 0.2) is 36.7 Å². The number of alkyl halides is 3. The third kappa shape index (κ3) is 5.10. The molecule has 0 spiro atoms. The highest BCUT2D eigenvalue weighted by atomic mass is 32.1. The highest BCUT2D eigenvalue weighted by Gasteiger charge is 2.31. The molecule has 1 aliphatic rings. The van der Waals surface area contributed by atoms with Crippen LogP contribution in [0.5, 0.6) is 0 Å². The first kappa shape index (κ1) is 25.8. The van der Waals surface area contributed by atoms with Crippen molar-refractivity contribution < 1.29 is 18.0 Å². The summed E-state index contributed by atoms with van der Waals surface area (Å²) in [5.74, 6) is 0.326. The van der Waals surface area contributed by atoms with Crippen molar-refractivity contribution in [1.82, 2.24) is 24.9 Å². The maximum atomic E-state index is 13.4. The number of hydrogen-bond acceptors (Lipinski definition) is 8. The molecule has 0 aliphatic carbocycles. The topological polar surface area (TPSA) is 105 Å². The third-order valence-electron chi connectivity index (χ3n) is 6.61. The summed E-state index contributed by atoms with van der Waals surface area (Å²) in [6, 6.07) is 4.72. The van der Waals surface area contributed by atoms with Crippen LogP contribution < -0.4 is 16.0 Å². The lowest BCUT2D eigenvalue weighted by molar-refractivity contribution is -0.137. The van der Waals surface area contributed by atoms with Gasteiger partial charge in [0.05, 0.1) is 38.8 Å². The standard InChI is InChI=1S/C25H27F3N8OS/c1-14(16-8-17(25(26,27)28)10-18(29)9-16)31-23-20-11-21(38-22(20)15(2)32-33-23)24(37)36-6-4-35(5-7-36)19-12-30-34(3)13-19/h8-14H,4-7,29H2,1-3H3,(H,31,33)/t14-/m1/s1. The Morgan fingerprint density at radius 1 is 1.13 bits per heavy atom. The second kappa shape index (κ2) is 9.78. The fourth-order valence-corrected chi connectivity index (χ4v) is 5.61. The van der Waals surface area contributed by atoms with Crippen LogP contribution in [0.1, 0.15) is 39.5 Å². The number of halogens is 3. The van der Waals surface area contributed by atoms with Gasteiger partial charge in [0, 0.05) is 50.5 Å². The summed E-state index contributed by atoms with van der Waals surface area (Å²) < 4.78 is 42.4. The van der Waals surface area contributed by atoms with Crippen molar-refractivity contribution in [3.63, 3.8) is 0 Å². The van der Waals surface area contributed by atoms with Gasteiger partial charge < -0.3 is 20.9 Å². The van der Waals surface area contributed by atoms with Gasteiger partial charge >= 0.3 is 6.18 Å². The summed E-state index contributed by atoms with van der Waals surface area (Å²) in [4.78, 5) is 18.0. The Bertz CT molecular complexity index is 1490. The zero-order valence-electron chi connectivity index (χ0n) is 21.1. The van der Waals surface area contributed by atoms with E-state index in [0.29, 0.717) is 53.5 Å². The number of amides is 1. The number of nitrogens with two attached hydrogens (primary N) is 1. The van der Waals surface area contributed by atoms with E-state index in [1.54, 1.807) is 17.7 Å². The summed E-state index contributed by atoms with van der Waals surface area (Å²) in [5, 5.41) is 16.5. The fourth-order valence-electron chi connectivity index (χ4n) is 4.55. The zero-order chi connectivity index (χ0) is 27.2. The van der Waals surface area contributed by atoms with E-state index >= 15 is 0 Å². The number of nitrogens with zero attached hydrogens (tertiary/aromatic N) is 6. The third-order valence-corrected chi connectivity index (χ3v) is 7.84. The molecule has 1 fully saturated rings. The Kier molecular flexibility index (Phi) is 6.63. The molecule has 3 aromatic heterocycles. The van der Waals surface area contributed by atoms with Gasteiger partial charge in [-0.3, -0.25) is 9.48 Å². The van der Waals surface area contributed by atoms with Crippen molar-refractivity contribution in [1.29, 1.82) is 0 Å². The molecule has 200 valence electrons. The quantitative estimate of drug-likeness (QED) is 0.357. The second-order valence-corrected chi connectivity index (χ2v) is 10.4. The minimum Gasteiger partial charge on any atom is -0.399 e. The van der Waals surface area contributed by atoms with Crippen molar-refractivity contribution in [3.05, 3.63) is 58.4 Å². The highest BCUT2D eigenvalue weighted by molar-refractivity contribution is 7.21. The van der Waals surface area contributed by atoms with E-state index < -0.39 is 17.8 Å². The molecule has 0 bridgehead atoms. The maximum absolute atomic E-state index is 13.4. The van der Waals surface area contributed by atoms with Gasteiger partial charge in [-0.1, -0.05) is 0 Å². The number of nitrogens with one attached hydrogen (secondary N) is 1. The van der Waals surface area contributed by atoms with Crippen LogP contribution in [0.25, 0.3) is 10.1 Å². The van der Waals surface area contributed by atoms with Crippen LogP contribution in [0.4, 0.5) is 30.4 Å². The van der Waals surface area contributed by atoms with Crippen LogP contribution in [0, 0.1) is 6.92 Å². The molecule has 1 saturated heterocycles.